The monoisotopic (exact) mass is 1010 g/mol. The third-order valence-electron chi connectivity index (χ3n) is 15.5. The number of nitrogens with zero attached hydrogens (tertiary/aromatic N) is 5. The largest absolute Gasteiger partial charge is 0.496 e. The van der Waals surface area contributed by atoms with Crippen molar-refractivity contribution < 1.29 is 37.1 Å². The molecule has 71 heavy (non-hydrogen) atoms. The zero-order chi connectivity index (χ0) is 50.2. The van der Waals surface area contributed by atoms with Crippen LogP contribution in [-0.2, 0) is 24.4 Å². The maximum Gasteiger partial charge on any atom is 0.254 e. The first-order valence-electron chi connectivity index (χ1n) is 25.6. The number of anilines is 1. The Hall–Kier alpha value is -5.39. The number of aromatic nitrogens is 2. The van der Waals surface area contributed by atoms with Crippen LogP contribution in [0.1, 0.15) is 126 Å². The molecule has 0 unspecified atom stereocenters. The minimum Gasteiger partial charge on any atom is -0.496 e. The smallest absolute Gasteiger partial charge is 0.254 e. The van der Waals surface area contributed by atoms with Crippen LogP contribution in [0, 0.1) is 18.3 Å². The number of methoxy groups -OCH3 is 1. The van der Waals surface area contributed by atoms with E-state index in [9.17, 15) is 18.0 Å². The Morgan fingerprint density at radius 1 is 1.00 bits per heavy atom. The van der Waals surface area contributed by atoms with Crippen LogP contribution in [0.15, 0.2) is 60.0 Å². The number of amides is 3. The first kappa shape index (κ1) is 50.5. The SMILES string of the molecule is CCCN1CCN(C(=O)c2cccc(N[C@H]3CCCCC/C=C\[C@@H]4C[C@@]4(C(=O)NS(=O)(=O)C4(C)CC4)CC(=O)[C@@H]4C[C@@H](Oc5cc(-c6nc(C(C)C)cs6)nc6c(C)c(OC)ccc56)CN4C3=O)c2)CC1. The molecule has 3 amide bonds. The number of allylic oxidation sites excluding steroid dienone is 2. The van der Waals surface area contributed by atoms with Crippen LogP contribution in [0.25, 0.3) is 21.6 Å². The topological polar surface area (TPSA) is 180 Å². The van der Waals surface area contributed by atoms with Crippen molar-refractivity contribution in [2.45, 2.75) is 134 Å². The number of ether oxygens (including phenoxy) is 2. The van der Waals surface area contributed by atoms with E-state index < -0.39 is 44.3 Å². The second-order valence-corrected chi connectivity index (χ2v) is 24.0. The van der Waals surface area contributed by atoms with Gasteiger partial charge in [0.25, 0.3) is 5.91 Å². The molecular formula is C54H69N7O8S2. The molecule has 5 heterocycles. The van der Waals surface area contributed by atoms with Crippen molar-refractivity contribution in [3.8, 4) is 22.2 Å². The van der Waals surface area contributed by atoms with Gasteiger partial charge in [-0.05, 0) is 108 Å². The van der Waals surface area contributed by atoms with Gasteiger partial charge < -0.3 is 24.6 Å². The van der Waals surface area contributed by atoms with E-state index in [2.05, 4.69) is 35.7 Å². The van der Waals surface area contributed by atoms with Gasteiger partial charge in [0.2, 0.25) is 21.8 Å². The Kier molecular flexibility index (Phi) is 14.7. The van der Waals surface area contributed by atoms with E-state index in [0.717, 1.165) is 73.4 Å². The van der Waals surface area contributed by atoms with Crippen molar-refractivity contribution in [3.05, 3.63) is 76.8 Å². The van der Waals surface area contributed by atoms with E-state index in [1.807, 2.05) is 71.8 Å². The number of carbonyl (C=O) groups excluding carboxylic acids is 4. The molecule has 5 aliphatic rings. The molecule has 15 nitrogen and oxygen atoms in total. The average Bonchev–Trinajstić information content (AvgIpc) is 4.13. The van der Waals surface area contributed by atoms with Gasteiger partial charge in [-0.3, -0.25) is 28.8 Å². The number of ketones is 1. The van der Waals surface area contributed by atoms with Crippen molar-refractivity contribution in [2.75, 3.05) is 51.7 Å². The quantitative estimate of drug-likeness (QED) is 0.123. The highest BCUT2D eigenvalue weighted by Crippen LogP contribution is 2.58. The summed E-state index contributed by atoms with van der Waals surface area (Å²) in [5.41, 5.74) is 2.97. The molecule has 2 aromatic carbocycles. The van der Waals surface area contributed by atoms with E-state index in [0.29, 0.717) is 72.7 Å². The van der Waals surface area contributed by atoms with Gasteiger partial charge in [0.15, 0.2) is 5.78 Å². The van der Waals surface area contributed by atoms with Crippen molar-refractivity contribution in [2.24, 2.45) is 11.3 Å². The van der Waals surface area contributed by atoms with Gasteiger partial charge in [-0.15, -0.1) is 11.3 Å². The molecular weight excluding hydrogens is 939 g/mol. The first-order chi connectivity index (χ1) is 34.0. The predicted octanol–water partition coefficient (Wildman–Crippen LogP) is 8.28. The molecule has 4 aromatic rings. The molecule has 5 atom stereocenters. The Labute approximate surface area is 422 Å². The van der Waals surface area contributed by atoms with E-state index in [1.165, 1.54) is 11.3 Å². The zero-order valence-electron chi connectivity index (χ0n) is 42.0. The molecule has 2 saturated carbocycles. The summed E-state index contributed by atoms with van der Waals surface area (Å²) >= 11 is 1.50. The van der Waals surface area contributed by atoms with E-state index in [4.69, 9.17) is 19.4 Å². The second kappa shape index (κ2) is 20.6. The van der Waals surface area contributed by atoms with Gasteiger partial charge in [0.1, 0.15) is 34.3 Å². The number of hydrogen-bond acceptors (Lipinski definition) is 13. The van der Waals surface area contributed by atoms with Crippen LogP contribution in [0.3, 0.4) is 0 Å². The number of nitrogens with one attached hydrogen (secondary N) is 2. The molecule has 2 saturated heterocycles. The van der Waals surface area contributed by atoms with Crippen LogP contribution in [0.2, 0.25) is 0 Å². The van der Waals surface area contributed by atoms with Crippen LogP contribution in [-0.4, -0.2) is 126 Å². The number of piperazine rings is 1. The van der Waals surface area contributed by atoms with Crippen molar-refractivity contribution in [3.63, 3.8) is 0 Å². The highest BCUT2D eigenvalue weighted by Gasteiger charge is 2.62. The van der Waals surface area contributed by atoms with Gasteiger partial charge in [-0.2, -0.15) is 0 Å². The molecule has 2 aromatic heterocycles. The summed E-state index contributed by atoms with van der Waals surface area (Å²) in [7, 11) is -2.36. The summed E-state index contributed by atoms with van der Waals surface area (Å²) in [6.07, 6.45) is 9.20. The lowest BCUT2D eigenvalue weighted by Gasteiger charge is -2.34. The summed E-state index contributed by atoms with van der Waals surface area (Å²) in [5.74, 6) is -0.245. The number of rotatable bonds is 13. The molecule has 380 valence electrons. The zero-order valence-corrected chi connectivity index (χ0v) is 43.6. The maximum absolute atomic E-state index is 15.4. The molecule has 2 N–H and O–H groups in total. The number of thiazole rings is 1. The predicted molar refractivity (Wildman–Crippen MR) is 276 cm³/mol. The number of hydrogen-bond donors (Lipinski definition) is 2. The number of fused-ring (bicyclic) bond motifs is 3. The first-order valence-corrected chi connectivity index (χ1v) is 27.9. The van der Waals surface area contributed by atoms with Crippen LogP contribution in [0.5, 0.6) is 11.5 Å². The van der Waals surface area contributed by atoms with Gasteiger partial charge in [0, 0.05) is 72.7 Å². The number of pyridine rings is 1. The normalized spacial score (nSPS) is 25.5. The highest BCUT2D eigenvalue weighted by molar-refractivity contribution is 7.91. The van der Waals surface area contributed by atoms with Gasteiger partial charge in [-0.1, -0.05) is 51.8 Å². The van der Waals surface area contributed by atoms with Crippen LogP contribution < -0.4 is 19.5 Å². The van der Waals surface area contributed by atoms with E-state index in [1.54, 1.807) is 18.9 Å². The molecule has 3 aliphatic heterocycles. The minimum atomic E-state index is -3.98. The fourth-order valence-electron chi connectivity index (χ4n) is 10.6. The molecule has 0 radical (unpaired) electrons. The lowest BCUT2D eigenvalue weighted by atomic mass is 9.91. The lowest BCUT2D eigenvalue weighted by Crippen LogP contribution is -2.49. The third kappa shape index (κ3) is 10.6. The number of carbonyl (C=O) groups is 4. The molecule has 9 rings (SSSR count). The van der Waals surface area contributed by atoms with E-state index in [-0.39, 0.29) is 48.8 Å². The molecule has 0 spiro atoms. The van der Waals surface area contributed by atoms with Crippen molar-refractivity contribution in [1.82, 2.24) is 29.4 Å². The summed E-state index contributed by atoms with van der Waals surface area (Å²) in [4.78, 5) is 74.5. The fourth-order valence-corrected chi connectivity index (χ4v) is 12.8. The second-order valence-electron chi connectivity index (χ2n) is 21.0. The third-order valence-corrected chi connectivity index (χ3v) is 18.5. The van der Waals surface area contributed by atoms with Crippen LogP contribution >= 0.6 is 11.3 Å². The molecule has 0 bridgehead atoms. The summed E-state index contributed by atoms with van der Waals surface area (Å²) in [6.45, 7) is 14.0. The van der Waals surface area contributed by atoms with Gasteiger partial charge >= 0.3 is 0 Å². The molecule has 4 fully saturated rings. The fraction of sp³-hybridized carbons (Fsp3) is 0.556. The van der Waals surface area contributed by atoms with Gasteiger partial charge in [0.05, 0.1) is 41.1 Å². The van der Waals surface area contributed by atoms with Crippen molar-refractivity contribution >= 4 is 61.5 Å². The number of Topliss-reactive ketones (excluding diaryl/α,β-unsaturated/α-hetero) is 1. The van der Waals surface area contributed by atoms with Gasteiger partial charge in [-0.25, -0.2) is 18.4 Å². The molecule has 17 heteroatoms. The molecule has 2 aliphatic carbocycles. The summed E-state index contributed by atoms with van der Waals surface area (Å²) < 4.78 is 41.0. The minimum absolute atomic E-state index is 0.0533. The van der Waals surface area contributed by atoms with E-state index >= 15 is 9.59 Å². The average molecular weight is 1010 g/mol. The number of aryl methyl sites for hydroxylation is 1. The summed E-state index contributed by atoms with van der Waals surface area (Å²) in [5, 5.41) is 7.01. The maximum atomic E-state index is 15.4. The Balaban J connectivity index is 1.04. The Morgan fingerprint density at radius 3 is 2.51 bits per heavy atom. The highest BCUT2D eigenvalue weighted by atomic mass is 32.2. The lowest BCUT2D eigenvalue weighted by molar-refractivity contribution is -0.139. The van der Waals surface area contributed by atoms with Crippen molar-refractivity contribution in [1.29, 1.82) is 0 Å². The van der Waals surface area contributed by atoms with Crippen LogP contribution in [0.4, 0.5) is 5.69 Å². The number of benzene rings is 2. The Morgan fingerprint density at radius 2 is 1.79 bits per heavy atom. The number of sulfonamides is 1. The Bertz CT molecular complexity index is 2820. The summed E-state index contributed by atoms with van der Waals surface area (Å²) in [6, 6.07) is 11.2. The standard InChI is InChI=1S/C54H69N7O8S2/c1-7-22-59-23-25-60(26-24-59)50(63)36-14-13-16-38(27-36)55-41-17-12-10-8-9-11-15-37-30-54(37,52(65)58-71(66,67)53(5)20-21-53)31-45(62)44-28-39(32-61(44)51(41)64)69-47-29-42(49-57-43(33-70-49)34(2)3)56-48-35(4)46(68-6)19-18-40(47)48/h11,13-16,18-19,27,29,33-34,37,39,41,44,55H,7-10,12,17,20-26,28,30-32H2,1-6H3,(H,58,65)/b15-11-/t37-,39-,41+,44+,54-/m1/s1.